The van der Waals surface area contributed by atoms with Gasteiger partial charge >= 0.3 is 0 Å². The summed E-state index contributed by atoms with van der Waals surface area (Å²) in [6, 6.07) is 10.2. The fourth-order valence-corrected chi connectivity index (χ4v) is 4.32. The van der Waals surface area contributed by atoms with E-state index in [1.54, 1.807) is 23.1 Å². The second kappa shape index (κ2) is 14.2. The maximum absolute atomic E-state index is 13.5. The summed E-state index contributed by atoms with van der Waals surface area (Å²) in [5, 5.41) is 3.85. The fourth-order valence-electron chi connectivity index (χ4n) is 3.80. The zero-order valence-corrected chi connectivity index (χ0v) is 22.7. The number of carbonyl (C=O) groups is 2. The second-order valence-corrected chi connectivity index (χ2v) is 9.27. The summed E-state index contributed by atoms with van der Waals surface area (Å²) in [5.41, 5.74) is 1.57. The molecule has 6 nitrogen and oxygen atoms in total. The highest BCUT2D eigenvalue weighted by molar-refractivity contribution is 6.36. The summed E-state index contributed by atoms with van der Waals surface area (Å²) < 4.78 is 11.3. The quantitative estimate of drug-likeness (QED) is 0.347. The number of carbonyl (C=O) groups excluding carboxylic acids is 2. The monoisotopic (exact) mass is 522 g/mol. The van der Waals surface area contributed by atoms with Crippen LogP contribution in [0.4, 0.5) is 0 Å². The number of ether oxygens (including phenoxy) is 2. The minimum atomic E-state index is -0.642. The highest BCUT2D eigenvalue weighted by atomic mass is 35.5. The van der Waals surface area contributed by atoms with Crippen LogP contribution in [-0.2, 0) is 22.6 Å². The molecule has 192 valence electrons. The molecule has 2 amide bonds. The Morgan fingerprint density at radius 3 is 2.17 bits per heavy atom. The van der Waals surface area contributed by atoms with Crippen LogP contribution in [0.3, 0.4) is 0 Å². The van der Waals surface area contributed by atoms with Gasteiger partial charge in [-0.05, 0) is 70.4 Å². The molecule has 0 aliphatic heterocycles. The van der Waals surface area contributed by atoms with Crippen LogP contribution in [0.5, 0.6) is 11.5 Å². The van der Waals surface area contributed by atoms with Crippen LogP contribution in [0, 0.1) is 0 Å². The molecule has 1 N–H and O–H groups in total. The van der Waals surface area contributed by atoms with Crippen LogP contribution in [0.25, 0.3) is 0 Å². The molecule has 0 saturated carbocycles. The number of benzene rings is 2. The Hall–Kier alpha value is -2.44. The largest absolute Gasteiger partial charge is 0.490 e. The normalized spacial score (nSPS) is 11.8. The molecule has 0 radical (unpaired) electrons. The first-order valence-electron chi connectivity index (χ1n) is 12.1. The molecule has 0 heterocycles. The topological polar surface area (TPSA) is 67.9 Å². The minimum absolute atomic E-state index is 0.0433. The number of hydrogen-bond donors (Lipinski definition) is 1. The molecule has 0 fully saturated rings. The van der Waals surface area contributed by atoms with E-state index in [2.05, 4.69) is 5.32 Å². The number of halogens is 2. The van der Waals surface area contributed by atoms with Gasteiger partial charge in [-0.25, -0.2) is 0 Å². The van der Waals surface area contributed by atoms with E-state index in [0.717, 1.165) is 5.56 Å². The molecule has 8 heteroatoms. The van der Waals surface area contributed by atoms with E-state index in [9.17, 15) is 9.59 Å². The molecule has 2 rings (SSSR count). The van der Waals surface area contributed by atoms with E-state index < -0.39 is 6.04 Å². The molecule has 0 saturated heterocycles. The maximum Gasteiger partial charge on any atom is 0.243 e. The number of aryl methyl sites for hydroxylation is 1. The molecule has 35 heavy (non-hydrogen) atoms. The van der Waals surface area contributed by atoms with Crippen molar-refractivity contribution in [2.75, 3.05) is 13.2 Å². The first kappa shape index (κ1) is 28.8. The molecule has 0 spiro atoms. The first-order valence-corrected chi connectivity index (χ1v) is 12.9. The molecule has 1 atom stereocenters. The van der Waals surface area contributed by atoms with Crippen LogP contribution < -0.4 is 14.8 Å². The van der Waals surface area contributed by atoms with Crippen LogP contribution in [0.15, 0.2) is 36.4 Å². The third-order valence-electron chi connectivity index (χ3n) is 5.44. The Morgan fingerprint density at radius 2 is 1.60 bits per heavy atom. The van der Waals surface area contributed by atoms with Crippen LogP contribution in [0.2, 0.25) is 10.0 Å². The number of amides is 2. The molecule has 0 aromatic heterocycles. The van der Waals surface area contributed by atoms with Gasteiger partial charge in [0.25, 0.3) is 0 Å². The number of nitrogens with zero attached hydrogens (tertiary/aromatic N) is 1. The van der Waals surface area contributed by atoms with Gasteiger partial charge < -0.3 is 19.7 Å². The summed E-state index contributed by atoms with van der Waals surface area (Å²) >= 11 is 12.8. The molecule has 2 aromatic carbocycles. The van der Waals surface area contributed by atoms with Crippen molar-refractivity contribution in [3.63, 3.8) is 0 Å². The molecule has 0 aliphatic rings. The Kier molecular flexibility index (Phi) is 11.7. The summed E-state index contributed by atoms with van der Waals surface area (Å²) in [6.45, 7) is 10.7. The molecule has 0 aliphatic carbocycles. The van der Waals surface area contributed by atoms with E-state index in [1.165, 1.54) is 0 Å². The van der Waals surface area contributed by atoms with Gasteiger partial charge in [-0.15, -0.1) is 0 Å². The summed E-state index contributed by atoms with van der Waals surface area (Å²) in [6.07, 6.45) is 1.16. The van der Waals surface area contributed by atoms with Crippen molar-refractivity contribution in [1.29, 1.82) is 0 Å². The third-order valence-corrected chi connectivity index (χ3v) is 6.15. The van der Waals surface area contributed by atoms with Crippen molar-refractivity contribution in [3.05, 3.63) is 57.6 Å². The molecule has 2 aromatic rings. The van der Waals surface area contributed by atoms with E-state index >= 15 is 0 Å². The number of nitrogens with one attached hydrogen (secondary N) is 1. The zero-order valence-electron chi connectivity index (χ0n) is 21.2. The van der Waals surface area contributed by atoms with E-state index in [-0.39, 0.29) is 30.8 Å². The Bertz CT molecular complexity index is 977. The van der Waals surface area contributed by atoms with Gasteiger partial charge in [0.05, 0.1) is 13.2 Å². The van der Waals surface area contributed by atoms with Gasteiger partial charge in [0.2, 0.25) is 11.8 Å². The Labute approximate surface area is 218 Å². The number of hydrogen-bond acceptors (Lipinski definition) is 4. The predicted molar refractivity (Wildman–Crippen MR) is 141 cm³/mol. The first-order chi connectivity index (χ1) is 16.7. The van der Waals surface area contributed by atoms with E-state index in [1.807, 2.05) is 52.8 Å². The van der Waals surface area contributed by atoms with E-state index in [4.69, 9.17) is 32.7 Å². The summed E-state index contributed by atoms with van der Waals surface area (Å²) in [5.74, 6) is 0.981. The van der Waals surface area contributed by atoms with Gasteiger partial charge in [-0.3, -0.25) is 9.59 Å². The fraction of sp³-hybridized carbons (Fsp3) is 0.481. The lowest BCUT2D eigenvalue weighted by Gasteiger charge is -2.32. The van der Waals surface area contributed by atoms with Crippen molar-refractivity contribution in [2.45, 2.75) is 72.5 Å². The number of rotatable bonds is 13. The average Bonchev–Trinajstić information content (AvgIpc) is 2.80. The van der Waals surface area contributed by atoms with Gasteiger partial charge in [0.1, 0.15) is 6.04 Å². The van der Waals surface area contributed by atoms with Crippen molar-refractivity contribution >= 4 is 35.0 Å². The van der Waals surface area contributed by atoms with Crippen LogP contribution in [0.1, 0.15) is 58.6 Å². The van der Waals surface area contributed by atoms with Crippen molar-refractivity contribution < 1.29 is 19.1 Å². The highest BCUT2D eigenvalue weighted by Crippen LogP contribution is 2.30. The van der Waals surface area contributed by atoms with Gasteiger partial charge in [0, 0.05) is 34.6 Å². The lowest BCUT2D eigenvalue weighted by Crippen LogP contribution is -2.50. The summed E-state index contributed by atoms with van der Waals surface area (Å²) in [7, 11) is 0. The molecular weight excluding hydrogens is 487 g/mol. The average molecular weight is 524 g/mol. The predicted octanol–water partition coefficient (Wildman–Crippen LogP) is 6.06. The molecule has 0 unspecified atom stereocenters. The maximum atomic E-state index is 13.5. The van der Waals surface area contributed by atoms with Crippen molar-refractivity contribution in [2.24, 2.45) is 0 Å². The van der Waals surface area contributed by atoms with E-state index in [0.29, 0.717) is 53.2 Å². The zero-order chi connectivity index (χ0) is 26.0. The third kappa shape index (κ3) is 8.32. The second-order valence-electron chi connectivity index (χ2n) is 8.46. The van der Waals surface area contributed by atoms with Gasteiger partial charge in [-0.1, -0.05) is 42.3 Å². The van der Waals surface area contributed by atoms with Crippen molar-refractivity contribution in [1.82, 2.24) is 10.2 Å². The highest BCUT2D eigenvalue weighted by Gasteiger charge is 2.29. The lowest BCUT2D eigenvalue weighted by atomic mass is 10.1. The SMILES string of the molecule is CCOc1ccc(CCC(=O)N(Cc2c(Cl)cccc2Cl)[C@@H](CC)C(=O)NC(C)C)cc1OCC. The lowest BCUT2D eigenvalue weighted by molar-refractivity contribution is -0.141. The van der Waals surface area contributed by atoms with Gasteiger partial charge in [-0.2, -0.15) is 0 Å². The van der Waals surface area contributed by atoms with Crippen molar-refractivity contribution in [3.8, 4) is 11.5 Å². The summed E-state index contributed by atoms with van der Waals surface area (Å²) in [4.78, 5) is 28.1. The van der Waals surface area contributed by atoms with Crippen LogP contribution in [-0.4, -0.2) is 42.0 Å². The minimum Gasteiger partial charge on any atom is -0.490 e. The smallest absolute Gasteiger partial charge is 0.243 e. The molecule has 0 bridgehead atoms. The standard InChI is InChI=1S/C27H36Cl2N2O4/c1-6-23(27(33)30-18(4)5)31(17-20-21(28)10-9-11-22(20)29)26(32)15-13-19-12-14-24(34-7-2)25(16-19)35-8-3/h9-12,14,16,18,23H,6-8,13,15,17H2,1-5H3,(H,30,33)/t23-/m0/s1. The Balaban J connectivity index is 2.29. The Morgan fingerprint density at radius 1 is 0.971 bits per heavy atom. The molecular formula is C27H36Cl2N2O4. The van der Waals surface area contributed by atoms with Crippen LogP contribution >= 0.6 is 23.2 Å². The van der Waals surface area contributed by atoms with Gasteiger partial charge in [0.15, 0.2) is 11.5 Å².